The number of hydrogen-bond donors (Lipinski definition) is 1. The van der Waals surface area contributed by atoms with E-state index in [1.807, 2.05) is 13.0 Å². The first-order valence-electron chi connectivity index (χ1n) is 10.4. The molecule has 1 aliphatic heterocycles. The van der Waals surface area contributed by atoms with Gasteiger partial charge in [-0.1, -0.05) is 30.4 Å². The summed E-state index contributed by atoms with van der Waals surface area (Å²) in [5, 5.41) is 9.79. The van der Waals surface area contributed by atoms with Gasteiger partial charge in [0.15, 0.2) is 16.9 Å². The van der Waals surface area contributed by atoms with Crippen LogP contribution in [0.25, 0.3) is 11.0 Å². The molecule has 1 aliphatic rings. The fourth-order valence-electron chi connectivity index (χ4n) is 4.07. The second-order valence-electron chi connectivity index (χ2n) is 7.66. The number of ether oxygens (including phenoxy) is 2. The summed E-state index contributed by atoms with van der Waals surface area (Å²) < 4.78 is 17.0. The van der Waals surface area contributed by atoms with Crippen molar-refractivity contribution in [2.75, 3.05) is 26.9 Å². The van der Waals surface area contributed by atoms with Crippen LogP contribution in [0, 0.1) is 6.92 Å². The van der Waals surface area contributed by atoms with Crippen molar-refractivity contribution in [1.29, 1.82) is 0 Å². The average Bonchev–Trinajstić information content (AvgIpc) is 3.08. The van der Waals surface area contributed by atoms with Gasteiger partial charge < -0.3 is 23.9 Å². The Kier molecular flexibility index (Phi) is 6.01. The predicted molar refractivity (Wildman–Crippen MR) is 120 cm³/mol. The lowest BCUT2D eigenvalue weighted by Crippen LogP contribution is -2.31. The Balaban J connectivity index is 1.91. The third-order valence-electron chi connectivity index (χ3n) is 5.54. The van der Waals surface area contributed by atoms with Crippen molar-refractivity contribution in [2.24, 2.45) is 0 Å². The molecule has 0 saturated carbocycles. The second kappa shape index (κ2) is 8.88. The first kappa shape index (κ1) is 21.6. The van der Waals surface area contributed by atoms with Gasteiger partial charge in [-0.3, -0.25) is 9.59 Å². The average molecular weight is 435 g/mol. The van der Waals surface area contributed by atoms with Gasteiger partial charge in [0.1, 0.15) is 12.2 Å². The standard InChI is InChI=1S/C25H25NO6/c1-4-12-31-19-9-7-16(14-20(19)30-3)22-21-23(28)17-13-15(2)6-8-18(17)32-24(21)25(29)26(22)10-5-11-27/h4,6-9,13-14,22,27H,1,5,10-12H2,2-3H3. The van der Waals surface area contributed by atoms with E-state index in [0.717, 1.165) is 5.56 Å². The molecule has 1 atom stereocenters. The van der Waals surface area contributed by atoms with E-state index in [-0.39, 0.29) is 30.2 Å². The highest BCUT2D eigenvalue weighted by atomic mass is 16.5. The van der Waals surface area contributed by atoms with Crippen LogP contribution >= 0.6 is 0 Å². The maximum absolute atomic E-state index is 13.5. The van der Waals surface area contributed by atoms with Crippen LogP contribution in [0.3, 0.4) is 0 Å². The zero-order valence-corrected chi connectivity index (χ0v) is 18.1. The van der Waals surface area contributed by atoms with Gasteiger partial charge in [0.25, 0.3) is 5.91 Å². The molecule has 2 aromatic carbocycles. The van der Waals surface area contributed by atoms with E-state index >= 15 is 0 Å². The van der Waals surface area contributed by atoms with E-state index in [4.69, 9.17) is 13.9 Å². The first-order chi connectivity index (χ1) is 15.5. The molecule has 7 heteroatoms. The number of aliphatic hydroxyl groups excluding tert-OH is 1. The summed E-state index contributed by atoms with van der Waals surface area (Å²) in [6.07, 6.45) is 2.01. The maximum Gasteiger partial charge on any atom is 0.290 e. The highest BCUT2D eigenvalue weighted by Gasteiger charge is 2.42. The van der Waals surface area contributed by atoms with E-state index in [0.29, 0.717) is 46.6 Å². The van der Waals surface area contributed by atoms with Gasteiger partial charge >= 0.3 is 0 Å². The molecule has 0 aliphatic carbocycles. The fraction of sp³-hybridized carbons (Fsp3) is 0.280. The van der Waals surface area contributed by atoms with Gasteiger partial charge in [0.05, 0.1) is 24.1 Å². The minimum absolute atomic E-state index is 0.0419. The van der Waals surface area contributed by atoms with Gasteiger partial charge in [-0.2, -0.15) is 0 Å². The number of fused-ring (bicyclic) bond motifs is 2. The molecule has 1 unspecified atom stereocenters. The zero-order valence-electron chi connectivity index (χ0n) is 18.1. The molecule has 32 heavy (non-hydrogen) atoms. The Morgan fingerprint density at radius 1 is 1.19 bits per heavy atom. The van der Waals surface area contributed by atoms with Gasteiger partial charge in [0, 0.05) is 13.2 Å². The predicted octanol–water partition coefficient (Wildman–Crippen LogP) is 3.60. The lowest BCUT2D eigenvalue weighted by Gasteiger charge is -2.25. The Labute approximate surface area is 185 Å². The quantitative estimate of drug-likeness (QED) is 0.544. The molecule has 0 radical (unpaired) electrons. The molecule has 0 fully saturated rings. The van der Waals surface area contributed by atoms with E-state index in [9.17, 15) is 14.7 Å². The maximum atomic E-state index is 13.5. The summed E-state index contributed by atoms with van der Waals surface area (Å²) >= 11 is 0. The van der Waals surface area contributed by atoms with E-state index in [1.165, 1.54) is 7.11 Å². The van der Waals surface area contributed by atoms with Crippen molar-refractivity contribution in [3.63, 3.8) is 0 Å². The fourth-order valence-corrected chi connectivity index (χ4v) is 4.07. The summed E-state index contributed by atoms with van der Waals surface area (Å²) in [4.78, 5) is 28.4. The molecule has 7 nitrogen and oxygen atoms in total. The molecule has 1 aromatic heterocycles. The van der Waals surface area contributed by atoms with E-state index in [1.54, 1.807) is 41.3 Å². The molecule has 2 heterocycles. The van der Waals surface area contributed by atoms with Crippen LogP contribution < -0.4 is 14.9 Å². The second-order valence-corrected chi connectivity index (χ2v) is 7.66. The molecular weight excluding hydrogens is 410 g/mol. The summed E-state index contributed by atoms with van der Waals surface area (Å²) in [6.45, 7) is 6.06. The molecule has 4 rings (SSSR count). The monoisotopic (exact) mass is 435 g/mol. The van der Waals surface area contributed by atoms with Crippen molar-refractivity contribution in [3.05, 3.63) is 81.7 Å². The molecule has 3 aromatic rings. The topological polar surface area (TPSA) is 89.2 Å². The largest absolute Gasteiger partial charge is 0.493 e. The summed E-state index contributed by atoms with van der Waals surface area (Å²) in [5.74, 6) is 0.682. The number of nitrogens with zero attached hydrogens (tertiary/aromatic N) is 1. The van der Waals surface area contributed by atoms with Crippen molar-refractivity contribution >= 4 is 16.9 Å². The lowest BCUT2D eigenvalue weighted by atomic mass is 9.97. The van der Waals surface area contributed by atoms with Crippen molar-refractivity contribution < 1.29 is 23.8 Å². The van der Waals surface area contributed by atoms with Gasteiger partial charge in [0.2, 0.25) is 5.76 Å². The Bertz CT molecular complexity index is 1250. The minimum atomic E-state index is -0.660. The van der Waals surface area contributed by atoms with E-state index in [2.05, 4.69) is 6.58 Å². The van der Waals surface area contributed by atoms with Crippen LogP contribution in [0.4, 0.5) is 0 Å². The third kappa shape index (κ3) is 3.65. The van der Waals surface area contributed by atoms with Crippen LogP contribution in [-0.4, -0.2) is 42.8 Å². The van der Waals surface area contributed by atoms with Gasteiger partial charge in [-0.15, -0.1) is 0 Å². The van der Waals surface area contributed by atoms with Crippen molar-refractivity contribution in [1.82, 2.24) is 4.90 Å². The van der Waals surface area contributed by atoms with Crippen LogP contribution in [0.1, 0.15) is 39.7 Å². The number of methoxy groups -OCH3 is 1. The summed E-state index contributed by atoms with van der Waals surface area (Å²) in [6, 6.07) is 9.97. The Hall–Kier alpha value is -3.58. The molecular formula is C25H25NO6. The number of carbonyl (C=O) groups excluding carboxylic acids is 1. The van der Waals surface area contributed by atoms with Crippen LogP contribution in [0.2, 0.25) is 0 Å². The highest BCUT2D eigenvalue weighted by Crippen LogP contribution is 2.41. The lowest BCUT2D eigenvalue weighted by molar-refractivity contribution is 0.0716. The molecule has 166 valence electrons. The molecule has 0 spiro atoms. The highest BCUT2D eigenvalue weighted by molar-refractivity contribution is 5.99. The minimum Gasteiger partial charge on any atom is -0.493 e. The summed E-state index contributed by atoms with van der Waals surface area (Å²) in [7, 11) is 1.53. The van der Waals surface area contributed by atoms with Crippen molar-refractivity contribution in [2.45, 2.75) is 19.4 Å². The SMILES string of the molecule is C=CCOc1ccc(C2c3c(oc4ccc(C)cc4c3=O)C(=O)N2CCCO)cc1OC. The number of benzene rings is 2. The first-order valence-corrected chi connectivity index (χ1v) is 10.4. The van der Waals surface area contributed by atoms with E-state index < -0.39 is 6.04 Å². The van der Waals surface area contributed by atoms with Crippen LogP contribution in [0.15, 0.2) is 58.3 Å². The number of hydrogen-bond acceptors (Lipinski definition) is 6. The number of aryl methyl sites for hydroxylation is 1. The molecule has 1 N–H and O–H groups in total. The van der Waals surface area contributed by atoms with Crippen molar-refractivity contribution in [3.8, 4) is 11.5 Å². The third-order valence-corrected chi connectivity index (χ3v) is 5.54. The molecule has 1 amide bonds. The molecule has 0 saturated heterocycles. The summed E-state index contributed by atoms with van der Waals surface area (Å²) in [5.41, 5.74) is 2.06. The zero-order chi connectivity index (χ0) is 22.8. The number of rotatable bonds is 8. The number of aliphatic hydroxyl groups is 1. The Morgan fingerprint density at radius 2 is 2.00 bits per heavy atom. The smallest absolute Gasteiger partial charge is 0.290 e. The molecule has 0 bridgehead atoms. The van der Waals surface area contributed by atoms with Crippen LogP contribution in [0.5, 0.6) is 11.5 Å². The van der Waals surface area contributed by atoms with Gasteiger partial charge in [-0.25, -0.2) is 0 Å². The number of amides is 1. The normalized spacial score (nSPS) is 15.2. The van der Waals surface area contributed by atoms with Crippen LogP contribution in [-0.2, 0) is 0 Å². The number of carbonyl (C=O) groups is 1. The Morgan fingerprint density at radius 3 is 2.72 bits per heavy atom. The van der Waals surface area contributed by atoms with Gasteiger partial charge in [-0.05, 0) is 43.2 Å².